The molecule has 1 unspecified atom stereocenters. The Morgan fingerprint density at radius 3 is 2.20 bits per heavy atom. The summed E-state index contributed by atoms with van der Waals surface area (Å²) in [7, 11) is 3.41. The van der Waals surface area contributed by atoms with Crippen molar-refractivity contribution in [2.24, 2.45) is 5.73 Å². The summed E-state index contributed by atoms with van der Waals surface area (Å²) in [5.41, 5.74) is 5.01. The fourth-order valence-electron chi connectivity index (χ4n) is 1.14. The minimum atomic E-state index is 0.476. The van der Waals surface area contributed by atoms with Gasteiger partial charge in [-0.3, -0.25) is 0 Å². The molecule has 4 nitrogen and oxygen atoms in total. The van der Waals surface area contributed by atoms with Crippen molar-refractivity contribution in [3.8, 4) is 0 Å². The zero-order chi connectivity index (χ0) is 11.9. The molecule has 0 spiro atoms. The van der Waals surface area contributed by atoms with Crippen LogP contribution in [0.4, 0.5) is 0 Å². The minimum Gasteiger partial charge on any atom is -0.383 e. The first-order valence-electron chi connectivity index (χ1n) is 5.77. The summed E-state index contributed by atoms with van der Waals surface area (Å²) in [4.78, 5) is 0. The SMILES string of the molecule is CC.COC1CCCNC1.COCCN. The third-order valence-electron chi connectivity index (χ3n) is 1.91. The van der Waals surface area contributed by atoms with Crippen LogP contribution in [-0.4, -0.2) is 46.6 Å². The highest BCUT2D eigenvalue weighted by molar-refractivity contribution is 4.67. The normalized spacial score (nSPS) is 19.4. The number of piperidine rings is 1. The molecule has 3 N–H and O–H groups in total. The Kier molecular flexibility index (Phi) is 18.7. The molecule has 0 bridgehead atoms. The lowest BCUT2D eigenvalue weighted by atomic mass is 10.1. The van der Waals surface area contributed by atoms with Crippen molar-refractivity contribution >= 4 is 0 Å². The van der Waals surface area contributed by atoms with Crippen molar-refractivity contribution in [2.45, 2.75) is 32.8 Å². The maximum Gasteiger partial charge on any atom is 0.0696 e. The highest BCUT2D eigenvalue weighted by Crippen LogP contribution is 2.03. The molecular weight excluding hydrogens is 192 g/mol. The summed E-state index contributed by atoms with van der Waals surface area (Å²) in [6.07, 6.45) is 2.96. The number of rotatable bonds is 3. The molecule has 15 heavy (non-hydrogen) atoms. The number of hydrogen-bond donors (Lipinski definition) is 2. The van der Waals surface area contributed by atoms with Crippen molar-refractivity contribution in [3.05, 3.63) is 0 Å². The molecule has 0 aromatic heterocycles. The molecule has 0 radical (unpaired) electrons. The number of nitrogens with two attached hydrogens (primary N) is 1. The van der Waals surface area contributed by atoms with Gasteiger partial charge in [0.05, 0.1) is 12.7 Å². The summed E-state index contributed by atoms with van der Waals surface area (Å²) in [6.45, 7) is 7.49. The van der Waals surface area contributed by atoms with Crippen LogP contribution in [0, 0.1) is 0 Å². The maximum absolute atomic E-state index is 5.13. The molecule has 0 amide bonds. The Hall–Kier alpha value is -0.160. The minimum absolute atomic E-state index is 0.476. The van der Waals surface area contributed by atoms with Gasteiger partial charge in [-0.15, -0.1) is 0 Å². The monoisotopic (exact) mass is 220 g/mol. The van der Waals surface area contributed by atoms with Gasteiger partial charge in [0.25, 0.3) is 0 Å². The van der Waals surface area contributed by atoms with E-state index in [2.05, 4.69) is 10.1 Å². The Balaban J connectivity index is 0. The Morgan fingerprint density at radius 2 is 2.00 bits per heavy atom. The van der Waals surface area contributed by atoms with E-state index in [0.29, 0.717) is 19.3 Å². The number of hydrogen-bond acceptors (Lipinski definition) is 4. The second kappa shape index (κ2) is 16.3. The Bertz CT molecular complexity index is 94.6. The maximum atomic E-state index is 5.13. The molecular formula is C11H28N2O2. The van der Waals surface area contributed by atoms with Crippen LogP contribution in [0.25, 0.3) is 0 Å². The first kappa shape index (κ1) is 17.2. The zero-order valence-electron chi connectivity index (χ0n) is 10.7. The van der Waals surface area contributed by atoms with Gasteiger partial charge >= 0.3 is 0 Å². The van der Waals surface area contributed by atoms with Gasteiger partial charge in [0, 0.05) is 27.3 Å². The lowest BCUT2D eigenvalue weighted by Gasteiger charge is -2.20. The third-order valence-corrected chi connectivity index (χ3v) is 1.91. The average Bonchev–Trinajstić information content (AvgIpc) is 2.34. The lowest BCUT2D eigenvalue weighted by Crippen LogP contribution is -2.34. The molecule has 1 rings (SSSR count). The van der Waals surface area contributed by atoms with Gasteiger partial charge in [-0.2, -0.15) is 0 Å². The van der Waals surface area contributed by atoms with Gasteiger partial charge in [-0.25, -0.2) is 0 Å². The van der Waals surface area contributed by atoms with E-state index in [-0.39, 0.29) is 0 Å². The first-order valence-corrected chi connectivity index (χ1v) is 5.77. The molecule has 1 saturated heterocycles. The fraction of sp³-hybridized carbons (Fsp3) is 1.00. The third kappa shape index (κ3) is 13.8. The van der Waals surface area contributed by atoms with E-state index in [9.17, 15) is 0 Å². The van der Waals surface area contributed by atoms with Crippen molar-refractivity contribution in [1.82, 2.24) is 5.32 Å². The molecule has 1 fully saturated rings. The van der Waals surface area contributed by atoms with E-state index in [1.807, 2.05) is 13.8 Å². The van der Waals surface area contributed by atoms with Crippen LogP contribution in [-0.2, 0) is 9.47 Å². The molecule has 1 heterocycles. The summed E-state index contributed by atoms with van der Waals surface area (Å²) < 4.78 is 9.69. The van der Waals surface area contributed by atoms with E-state index in [1.54, 1.807) is 14.2 Å². The molecule has 1 atom stereocenters. The molecule has 94 valence electrons. The zero-order valence-corrected chi connectivity index (χ0v) is 10.7. The Labute approximate surface area is 94.5 Å². The molecule has 4 heteroatoms. The van der Waals surface area contributed by atoms with Gasteiger partial charge in [-0.05, 0) is 19.4 Å². The molecule has 0 aromatic rings. The first-order chi connectivity index (χ1) is 7.35. The van der Waals surface area contributed by atoms with E-state index in [1.165, 1.54) is 19.4 Å². The largest absolute Gasteiger partial charge is 0.383 e. The molecule has 0 aromatic carbocycles. The van der Waals surface area contributed by atoms with Crippen molar-refractivity contribution in [1.29, 1.82) is 0 Å². The highest BCUT2D eigenvalue weighted by atomic mass is 16.5. The number of ether oxygens (including phenoxy) is 2. The van der Waals surface area contributed by atoms with Crippen LogP contribution in [0.3, 0.4) is 0 Å². The summed E-state index contributed by atoms with van der Waals surface area (Å²) >= 11 is 0. The Morgan fingerprint density at radius 1 is 1.33 bits per heavy atom. The standard InChI is InChI=1S/C6H13NO.C3H9NO.C2H6/c1-8-6-3-2-4-7-5-6;1-5-3-2-4;1-2/h6-7H,2-5H2,1H3;2-4H2,1H3;1-2H3. The predicted molar refractivity (Wildman–Crippen MR) is 65.2 cm³/mol. The summed E-state index contributed by atoms with van der Waals surface area (Å²) in [6, 6.07) is 0. The van der Waals surface area contributed by atoms with Crippen LogP contribution in [0.5, 0.6) is 0 Å². The fourth-order valence-corrected chi connectivity index (χ4v) is 1.14. The van der Waals surface area contributed by atoms with E-state index in [4.69, 9.17) is 10.5 Å². The van der Waals surface area contributed by atoms with Crippen molar-refractivity contribution in [3.63, 3.8) is 0 Å². The average molecular weight is 220 g/mol. The quantitative estimate of drug-likeness (QED) is 0.745. The van der Waals surface area contributed by atoms with Crippen LogP contribution in [0.15, 0.2) is 0 Å². The topological polar surface area (TPSA) is 56.5 Å². The highest BCUT2D eigenvalue weighted by Gasteiger charge is 2.09. The molecule has 0 saturated carbocycles. The van der Waals surface area contributed by atoms with Gasteiger partial charge in [-0.1, -0.05) is 13.8 Å². The van der Waals surface area contributed by atoms with E-state index < -0.39 is 0 Å². The van der Waals surface area contributed by atoms with Gasteiger partial charge in [0.2, 0.25) is 0 Å². The second-order valence-electron chi connectivity index (χ2n) is 2.99. The van der Waals surface area contributed by atoms with Gasteiger partial charge in [0.15, 0.2) is 0 Å². The number of nitrogens with one attached hydrogen (secondary N) is 1. The summed E-state index contributed by atoms with van der Waals surface area (Å²) in [5.74, 6) is 0. The van der Waals surface area contributed by atoms with Crippen LogP contribution in [0.1, 0.15) is 26.7 Å². The van der Waals surface area contributed by atoms with Crippen molar-refractivity contribution < 1.29 is 9.47 Å². The number of methoxy groups -OCH3 is 2. The lowest BCUT2D eigenvalue weighted by molar-refractivity contribution is 0.0810. The predicted octanol–water partition coefficient (Wildman–Crippen LogP) is 1.00. The molecule has 0 aliphatic carbocycles. The molecule has 1 aliphatic heterocycles. The molecule has 1 aliphatic rings. The van der Waals surface area contributed by atoms with Gasteiger partial charge < -0.3 is 20.5 Å². The van der Waals surface area contributed by atoms with Crippen LogP contribution < -0.4 is 11.1 Å². The van der Waals surface area contributed by atoms with E-state index in [0.717, 1.165) is 6.54 Å². The second-order valence-corrected chi connectivity index (χ2v) is 2.99. The summed E-state index contributed by atoms with van der Waals surface area (Å²) in [5, 5.41) is 3.26. The van der Waals surface area contributed by atoms with Crippen LogP contribution >= 0.6 is 0 Å². The smallest absolute Gasteiger partial charge is 0.0696 e. The van der Waals surface area contributed by atoms with Gasteiger partial charge in [0.1, 0.15) is 0 Å². The van der Waals surface area contributed by atoms with Crippen molar-refractivity contribution in [2.75, 3.05) is 40.5 Å². The van der Waals surface area contributed by atoms with Crippen LogP contribution in [0.2, 0.25) is 0 Å². The van der Waals surface area contributed by atoms with E-state index >= 15 is 0 Å².